The van der Waals surface area contributed by atoms with Crippen LogP contribution in [-0.4, -0.2) is 41.5 Å². The molecular weight excluding hydrogens is 226 g/mol. The minimum absolute atomic E-state index is 0.132. The second-order valence-electron chi connectivity index (χ2n) is 4.56. The van der Waals surface area contributed by atoms with Gasteiger partial charge in [-0.3, -0.25) is 0 Å². The van der Waals surface area contributed by atoms with Crippen molar-refractivity contribution in [3.63, 3.8) is 0 Å². The summed E-state index contributed by atoms with van der Waals surface area (Å²) in [6.07, 6.45) is 2.24. The highest BCUT2D eigenvalue weighted by molar-refractivity contribution is 5.79. The molecule has 1 heterocycles. The van der Waals surface area contributed by atoms with Gasteiger partial charge in [-0.25, -0.2) is 9.59 Å². The molecule has 1 saturated carbocycles. The number of carboxylic acids is 1. The van der Waals surface area contributed by atoms with E-state index in [0.29, 0.717) is 19.3 Å². The number of amides is 1. The van der Waals surface area contributed by atoms with E-state index in [1.165, 1.54) is 6.08 Å². The molecule has 17 heavy (non-hydrogen) atoms. The molecule has 0 aromatic heterocycles. The van der Waals surface area contributed by atoms with Crippen LogP contribution in [0.3, 0.4) is 0 Å². The van der Waals surface area contributed by atoms with Crippen LogP contribution in [0.1, 0.15) is 19.3 Å². The average molecular weight is 241 g/mol. The van der Waals surface area contributed by atoms with Crippen LogP contribution in [0.2, 0.25) is 0 Å². The number of aliphatic carboxylic acids is 1. The monoisotopic (exact) mass is 241 g/mol. The molecule has 0 aromatic carbocycles. The molecule has 1 aliphatic heterocycles. The summed E-state index contributed by atoms with van der Waals surface area (Å²) in [7, 11) is 0. The van der Waals surface area contributed by atoms with Crippen molar-refractivity contribution in [2.24, 2.45) is 0 Å². The SMILES string of the molecule is C=CCOC(=O)NC12CCC(C(=O)O)(C1)OC2. The zero-order valence-corrected chi connectivity index (χ0v) is 9.40. The van der Waals surface area contributed by atoms with Crippen molar-refractivity contribution < 1.29 is 24.2 Å². The minimum atomic E-state index is -1.12. The van der Waals surface area contributed by atoms with Crippen molar-refractivity contribution in [2.45, 2.75) is 30.4 Å². The van der Waals surface area contributed by atoms with E-state index in [1.54, 1.807) is 0 Å². The van der Waals surface area contributed by atoms with Gasteiger partial charge in [-0.2, -0.15) is 0 Å². The predicted molar refractivity (Wildman–Crippen MR) is 57.6 cm³/mol. The first-order valence-electron chi connectivity index (χ1n) is 5.45. The lowest BCUT2D eigenvalue weighted by atomic mass is 9.99. The molecule has 1 aliphatic carbocycles. The molecule has 2 bridgehead atoms. The summed E-state index contributed by atoms with van der Waals surface area (Å²) in [5, 5.41) is 11.8. The van der Waals surface area contributed by atoms with E-state index in [2.05, 4.69) is 11.9 Å². The number of hydrogen-bond donors (Lipinski definition) is 2. The summed E-state index contributed by atoms with van der Waals surface area (Å²) in [6, 6.07) is 0. The molecule has 1 saturated heterocycles. The van der Waals surface area contributed by atoms with Gasteiger partial charge in [-0.15, -0.1) is 0 Å². The number of alkyl carbamates (subject to hydrolysis) is 1. The van der Waals surface area contributed by atoms with Crippen LogP contribution < -0.4 is 5.32 Å². The fourth-order valence-electron chi connectivity index (χ4n) is 2.46. The normalized spacial score (nSPS) is 34.4. The second kappa shape index (κ2) is 4.03. The van der Waals surface area contributed by atoms with Gasteiger partial charge < -0.3 is 19.9 Å². The number of carbonyl (C=O) groups excluding carboxylic acids is 1. The standard InChI is InChI=1S/C11H15NO5/c1-2-5-16-9(15)12-10-3-4-11(6-10,8(13)14)17-7-10/h2H,1,3-7H2,(H,12,15)(H,13,14). The van der Waals surface area contributed by atoms with E-state index in [-0.39, 0.29) is 13.2 Å². The maximum atomic E-state index is 11.4. The first-order chi connectivity index (χ1) is 8.02. The minimum Gasteiger partial charge on any atom is -0.479 e. The summed E-state index contributed by atoms with van der Waals surface area (Å²) in [6.45, 7) is 3.79. The van der Waals surface area contributed by atoms with Gasteiger partial charge in [-0.05, 0) is 12.8 Å². The lowest BCUT2D eigenvalue weighted by Gasteiger charge is -2.26. The van der Waals surface area contributed by atoms with E-state index in [9.17, 15) is 9.59 Å². The van der Waals surface area contributed by atoms with E-state index >= 15 is 0 Å². The highest BCUT2D eigenvalue weighted by Gasteiger charge is 2.60. The Labute approximate surface area is 98.6 Å². The summed E-state index contributed by atoms with van der Waals surface area (Å²) >= 11 is 0. The number of ether oxygens (including phenoxy) is 2. The summed E-state index contributed by atoms with van der Waals surface area (Å²) in [5.74, 6) is -0.960. The Morgan fingerprint density at radius 2 is 2.29 bits per heavy atom. The molecule has 1 amide bonds. The molecule has 2 fully saturated rings. The largest absolute Gasteiger partial charge is 0.479 e. The van der Waals surface area contributed by atoms with Crippen molar-refractivity contribution in [3.8, 4) is 0 Å². The Kier molecular flexibility index (Phi) is 2.82. The van der Waals surface area contributed by atoms with E-state index in [1.807, 2.05) is 0 Å². The maximum Gasteiger partial charge on any atom is 0.407 e. The fourth-order valence-corrected chi connectivity index (χ4v) is 2.46. The summed E-state index contributed by atoms with van der Waals surface area (Å²) in [4.78, 5) is 22.5. The Bertz CT molecular complexity index is 357. The molecule has 2 rings (SSSR count). The van der Waals surface area contributed by atoms with Crippen molar-refractivity contribution in [3.05, 3.63) is 12.7 Å². The van der Waals surface area contributed by atoms with E-state index < -0.39 is 23.2 Å². The number of carboxylic acid groups (broad SMARTS) is 1. The van der Waals surface area contributed by atoms with Gasteiger partial charge in [0.05, 0.1) is 12.1 Å². The molecule has 0 spiro atoms. The van der Waals surface area contributed by atoms with Crippen molar-refractivity contribution in [1.29, 1.82) is 0 Å². The Hall–Kier alpha value is -1.56. The number of nitrogens with one attached hydrogen (secondary N) is 1. The van der Waals surface area contributed by atoms with Crippen LogP contribution in [0.5, 0.6) is 0 Å². The molecule has 0 aromatic rings. The van der Waals surface area contributed by atoms with Crippen LogP contribution in [0.4, 0.5) is 4.79 Å². The first-order valence-corrected chi connectivity index (χ1v) is 5.45. The van der Waals surface area contributed by atoms with Crippen LogP contribution >= 0.6 is 0 Å². The van der Waals surface area contributed by atoms with Crippen LogP contribution in [-0.2, 0) is 14.3 Å². The predicted octanol–water partition coefficient (Wildman–Crippen LogP) is 0.675. The number of rotatable bonds is 4. The van der Waals surface area contributed by atoms with Crippen LogP contribution in [0.25, 0.3) is 0 Å². The molecular formula is C11H15NO5. The zero-order chi connectivity index (χ0) is 12.5. The van der Waals surface area contributed by atoms with E-state index in [0.717, 1.165) is 0 Å². The molecule has 2 unspecified atom stereocenters. The van der Waals surface area contributed by atoms with Gasteiger partial charge in [0.15, 0.2) is 5.60 Å². The quantitative estimate of drug-likeness (QED) is 0.707. The van der Waals surface area contributed by atoms with Gasteiger partial charge in [0, 0.05) is 6.42 Å². The molecule has 6 nitrogen and oxygen atoms in total. The smallest absolute Gasteiger partial charge is 0.407 e. The topological polar surface area (TPSA) is 84.9 Å². The van der Waals surface area contributed by atoms with Gasteiger partial charge in [0.1, 0.15) is 6.61 Å². The molecule has 0 radical (unpaired) electrons. The van der Waals surface area contributed by atoms with Crippen molar-refractivity contribution >= 4 is 12.1 Å². The highest BCUT2D eigenvalue weighted by atomic mass is 16.6. The molecule has 6 heteroatoms. The van der Waals surface area contributed by atoms with Gasteiger partial charge in [-0.1, -0.05) is 12.7 Å². The molecule has 2 aliphatic rings. The van der Waals surface area contributed by atoms with Gasteiger partial charge in [0.2, 0.25) is 0 Å². The maximum absolute atomic E-state index is 11.4. The first kappa shape index (κ1) is 11.9. The Morgan fingerprint density at radius 1 is 1.53 bits per heavy atom. The number of carbonyl (C=O) groups is 2. The Balaban J connectivity index is 1.97. The van der Waals surface area contributed by atoms with Gasteiger partial charge in [0.25, 0.3) is 0 Å². The second-order valence-corrected chi connectivity index (χ2v) is 4.56. The summed E-state index contributed by atoms with van der Waals surface area (Å²) in [5.41, 5.74) is -1.71. The summed E-state index contributed by atoms with van der Waals surface area (Å²) < 4.78 is 10.1. The third kappa shape index (κ3) is 2.00. The highest BCUT2D eigenvalue weighted by Crippen LogP contribution is 2.47. The van der Waals surface area contributed by atoms with Crippen LogP contribution in [0.15, 0.2) is 12.7 Å². The molecule has 2 N–H and O–H groups in total. The number of fused-ring (bicyclic) bond motifs is 2. The van der Waals surface area contributed by atoms with Gasteiger partial charge >= 0.3 is 12.1 Å². The van der Waals surface area contributed by atoms with Crippen molar-refractivity contribution in [2.75, 3.05) is 13.2 Å². The average Bonchev–Trinajstić information content (AvgIpc) is 2.83. The molecule has 2 atom stereocenters. The van der Waals surface area contributed by atoms with Crippen molar-refractivity contribution in [1.82, 2.24) is 5.32 Å². The lowest BCUT2D eigenvalue weighted by Crippen LogP contribution is -2.48. The van der Waals surface area contributed by atoms with E-state index in [4.69, 9.17) is 14.6 Å². The lowest BCUT2D eigenvalue weighted by molar-refractivity contribution is -0.161. The number of hydrogen-bond acceptors (Lipinski definition) is 4. The van der Waals surface area contributed by atoms with Crippen LogP contribution in [0, 0.1) is 0 Å². The molecule has 94 valence electrons. The zero-order valence-electron chi connectivity index (χ0n) is 9.40. The third-order valence-corrected chi connectivity index (χ3v) is 3.35. The fraction of sp³-hybridized carbons (Fsp3) is 0.636. The third-order valence-electron chi connectivity index (χ3n) is 3.35. The Morgan fingerprint density at radius 3 is 2.76 bits per heavy atom.